The third-order valence-corrected chi connectivity index (χ3v) is 4.66. The molecule has 1 aromatic heterocycles. The van der Waals surface area contributed by atoms with E-state index in [-0.39, 0.29) is 17.5 Å². The Hall–Kier alpha value is -2.31. The average molecular weight is 432 g/mol. The number of aliphatic hydroxyl groups is 1. The smallest absolute Gasteiger partial charge is 0.387 e. The van der Waals surface area contributed by atoms with Crippen LogP contribution in [0, 0.1) is 12.3 Å². The molecule has 0 radical (unpaired) electrons. The lowest BCUT2D eigenvalue weighted by Gasteiger charge is -2.25. The van der Waals surface area contributed by atoms with E-state index in [0.29, 0.717) is 31.6 Å². The van der Waals surface area contributed by atoms with Gasteiger partial charge in [-0.05, 0) is 30.7 Å². The van der Waals surface area contributed by atoms with Crippen molar-refractivity contribution >= 4 is 10.9 Å². The van der Waals surface area contributed by atoms with Crippen LogP contribution in [0.3, 0.4) is 0 Å². The first kappa shape index (κ1) is 24.0. The fraction of sp³-hybridized carbons (Fsp3) is 0.476. The maximum Gasteiger partial charge on any atom is 0.433 e. The van der Waals surface area contributed by atoms with Crippen molar-refractivity contribution in [3.63, 3.8) is 0 Å². The number of unbranched alkanes of at least 4 members (excludes halogenated alkanes) is 1. The predicted octanol–water partition coefficient (Wildman–Crippen LogP) is 5.43. The van der Waals surface area contributed by atoms with Crippen LogP contribution < -0.4 is 0 Å². The summed E-state index contributed by atoms with van der Waals surface area (Å²) in [5, 5.41) is 10.5. The van der Waals surface area contributed by atoms with Gasteiger partial charge in [-0.2, -0.15) is 26.3 Å². The summed E-state index contributed by atoms with van der Waals surface area (Å²) < 4.78 is 80.0. The van der Waals surface area contributed by atoms with E-state index >= 15 is 0 Å². The number of pyridine rings is 1. The number of para-hydroxylation sites is 1. The number of benzene rings is 1. The lowest BCUT2D eigenvalue weighted by molar-refractivity contribution is -0.142. The lowest BCUT2D eigenvalue weighted by atomic mass is 9.99. The van der Waals surface area contributed by atoms with Crippen LogP contribution in [-0.2, 0) is 12.4 Å². The number of aromatic nitrogens is 1. The zero-order valence-corrected chi connectivity index (χ0v) is 16.3. The largest absolute Gasteiger partial charge is 0.433 e. The van der Waals surface area contributed by atoms with Gasteiger partial charge in [-0.25, -0.2) is 4.98 Å². The predicted molar refractivity (Wildman–Crippen MR) is 102 cm³/mol. The molecule has 0 amide bonds. The molecular formula is C21H22F6N2O. The van der Waals surface area contributed by atoms with Gasteiger partial charge >= 0.3 is 12.4 Å². The number of hydrogen-bond acceptors (Lipinski definition) is 3. The lowest BCUT2D eigenvalue weighted by Crippen LogP contribution is -2.31. The highest BCUT2D eigenvalue weighted by Gasteiger charge is 2.38. The van der Waals surface area contributed by atoms with Gasteiger partial charge in [0.1, 0.15) is 5.69 Å². The summed E-state index contributed by atoms with van der Waals surface area (Å²) in [6, 6.07) is 3.61. The second-order valence-electron chi connectivity index (χ2n) is 6.92. The van der Waals surface area contributed by atoms with Crippen molar-refractivity contribution in [1.29, 1.82) is 0 Å². The van der Waals surface area contributed by atoms with E-state index in [4.69, 9.17) is 6.42 Å². The maximum absolute atomic E-state index is 13.4. The van der Waals surface area contributed by atoms with Crippen molar-refractivity contribution in [2.24, 2.45) is 0 Å². The van der Waals surface area contributed by atoms with E-state index in [2.05, 4.69) is 10.9 Å². The molecule has 9 heteroatoms. The van der Waals surface area contributed by atoms with E-state index < -0.39 is 35.2 Å². The Bertz CT molecular complexity index is 901. The summed E-state index contributed by atoms with van der Waals surface area (Å²) in [5.41, 5.74) is -3.85. The van der Waals surface area contributed by atoms with Crippen molar-refractivity contribution in [2.75, 3.05) is 19.6 Å². The van der Waals surface area contributed by atoms with Gasteiger partial charge in [0.25, 0.3) is 0 Å². The van der Waals surface area contributed by atoms with E-state index in [1.165, 1.54) is 6.07 Å². The van der Waals surface area contributed by atoms with Crippen molar-refractivity contribution in [2.45, 2.75) is 44.6 Å². The molecule has 1 aromatic carbocycles. The molecule has 0 aliphatic heterocycles. The Morgan fingerprint density at radius 3 is 2.40 bits per heavy atom. The number of halogens is 6. The number of alkyl halides is 6. The van der Waals surface area contributed by atoms with Crippen LogP contribution in [0.4, 0.5) is 26.3 Å². The minimum absolute atomic E-state index is 0.0612. The molecule has 1 N–H and O–H groups in total. The van der Waals surface area contributed by atoms with Crippen LogP contribution in [0.15, 0.2) is 24.3 Å². The molecule has 0 fully saturated rings. The molecule has 164 valence electrons. The molecule has 0 spiro atoms. The number of rotatable bonds is 8. The van der Waals surface area contributed by atoms with Gasteiger partial charge in [-0.15, -0.1) is 12.3 Å². The molecule has 0 saturated heterocycles. The second-order valence-corrected chi connectivity index (χ2v) is 6.92. The molecule has 1 atom stereocenters. The molecule has 1 heterocycles. The van der Waals surface area contributed by atoms with Gasteiger partial charge in [0, 0.05) is 24.9 Å². The van der Waals surface area contributed by atoms with Crippen LogP contribution in [0.1, 0.15) is 49.1 Å². The summed E-state index contributed by atoms with van der Waals surface area (Å²) in [6.07, 6.45) is -4.03. The van der Waals surface area contributed by atoms with Gasteiger partial charge in [0.2, 0.25) is 0 Å². The maximum atomic E-state index is 13.4. The number of hydrogen-bond donors (Lipinski definition) is 1. The van der Waals surface area contributed by atoms with Crippen LogP contribution in [0.5, 0.6) is 0 Å². The summed E-state index contributed by atoms with van der Waals surface area (Å²) in [4.78, 5) is 5.03. The molecular weight excluding hydrogens is 410 g/mol. The first-order valence-corrected chi connectivity index (χ1v) is 9.41. The topological polar surface area (TPSA) is 36.4 Å². The monoisotopic (exact) mass is 432 g/mol. The zero-order chi connectivity index (χ0) is 22.5. The second kappa shape index (κ2) is 9.67. The highest BCUT2D eigenvalue weighted by molar-refractivity contribution is 5.86. The van der Waals surface area contributed by atoms with Crippen LogP contribution in [0.25, 0.3) is 10.9 Å². The molecule has 0 aliphatic carbocycles. The summed E-state index contributed by atoms with van der Waals surface area (Å²) in [7, 11) is 0. The highest BCUT2D eigenvalue weighted by Crippen LogP contribution is 2.39. The summed E-state index contributed by atoms with van der Waals surface area (Å²) in [5.74, 6) is 2.46. The van der Waals surface area contributed by atoms with Gasteiger partial charge in [0.05, 0.1) is 17.2 Å². The standard InChI is InChI=1S/C21H22F6N2O/c1-3-5-10-29(11-6-4-2)13-17(30)15-12-18(21(25,26)27)28-19-14(15)8-7-9-16(19)20(22,23)24/h1,7-9,12,17,30H,4-6,10-11,13H2,2H3. The van der Waals surface area contributed by atoms with Gasteiger partial charge in [-0.1, -0.05) is 25.5 Å². The normalized spacial score (nSPS) is 13.6. The fourth-order valence-electron chi connectivity index (χ4n) is 3.17. The SMILES string of the molecule is C#CCCN(CCCC)CC(O)c1cc(C(F)(F)F)nc2c(C(F)(F)F)cccc12. The van der Waals surface area contributed by atoms with Gasteiger partial charge < -0.3 is 5.11 Å². The Labute approximate surface area is 170 Å². The van der Waals surface area contributed by atoms with E-state index in [0.717, 1.165) is 18.9 Å². The van der Waals surface area contributed by atoms with Crippen LogP contribution in [-0.4, -0.2) is 34.6 Å². The van der Waals surface area contributed by atoms with Crippen LogP contribution >= 0.6 is 0 Å². The zero-order valence-electron chi connectivity index (χ0n) is 16.3. The Morgan fingerprint density at radius 2 is 1.83 bits per heavy atom. The summed E-state index contributed by atoms with van der Waals surface area (Å²) >= 11 is 0. The van der Waals surface area contributed by atoms with Crippen molar-refractivity contribution in [1.82, 2.24) is 9.88 Å². The first-order valence-electron chi connectivity index (χ1n) is 9.41. The van der Waals surface area contributed by atoms with E-state index in [9.17, 15) is 31.4 Å². The van der Waals surface area contributed by atoms with E-state index in [1.54, 1.807) is 4.90 Å². The minimum Gasteiger partial charge on any atom is -0.387 e. The minimum atomic E-state index is -4.97. The molecule has 0 saturated carbocycles. The number of aliphatic hydroxyl groups excluding tert-OH is 1. The first-order chi connectivity index (χ1) is 14.0. The quantitative estimate of drug-likeness (QED) is 0.446. The summed E-state index contributed by atoms with van der Waals surface area (Å²) in [6.45, 7) is 2.86. The Balaban J connectivity index is 2.56. The van der Waals surface area contributed by atoms with E-state index in [1.807, 2.05) is 6.92 Å². The molecule has 3 nitrogen and oxygen atoms in total. The van der Waals surface area contributed by atoms with Gasteiger partial charge in [0.15, 0.2) is 0 Å². The molecule has 30 heavy (non-hydrogen) atoms. The molecule has 0 bridgehead atoms. The average Bonchev–Trinajstić information content (AvgIpc) is 2.67. The molecule has 0 aliphatic rings. The number of terminal acetylenes is 1. The molecule has 2 aromatic rings. The highest BCUT2D eigenvalue weighted by atomic mass is 19.4. The molecule has 1 unspecified atom stereocenters. The van der Waals surface area contributed by atoms with Crippen molar-refractivity contribution in [3.05, 3.63) is 41.1 Å². The fourth-order valence-corrected chi connectivity index (χ4v) is 3.17. The third-order valence-electron chi connectivity index (χ3n) is 4.66. The van der Waals surface area contributed by atoms with Crippen LogP contribution in [0.2, 0.25) is 0 Å². The molecule has 2 rings (SSSR count). The van der Waals surface area contributed by atoms with Crippen molar-refractivity contribution < 1.29 is 31.4 Å². The third kappa shape index (κ3) is 5.86. The van der Waals surface area contributed by atoms with Gasteiger partial charge in [-0.3, -0.25) is 4.90 Å². The van der Waals surface area contributed by atoms with Crippen molar-refractivity contribution in [3.8, 4) is 12.3 Å². The Morgan fingerprint density at radius 1 is 1.13 bits per heavy atom. The number of nitrogens with zero attached hydrogens (tertiary/aromatic N) is 2. The Kier molecular flexibility index (Phi) is 7.72. The number of fused-ring (bicyclic) bond motifs is 1.